The van der Waals surface area contributed by atoms with Crippen LogP contribution in [0.2, 0.25) is 0 Å². The Morgan fingerprint density at radius 1 is 1.38 bits per heavy atom. The highest BCUT2D eigenvalue weighted by Gasteiger charge is 2.61. The highest BCUT2D eigenvalue weighted by atomic mass is 35.5. The summed E-state index contributed by atoms with van der Waals surface area (Å²) in [6, 6.07) is 11.7. The van der Waals surface area contributed by atoms with Gasteiger partial charge in [-0.25, -0.2) is 0 Å². The third kappa shape index (κ3) is 2.81. The van der Waals surface area contributed by atoms with Gasteiger partial charge in [0.05, 0.1) is 12.0 Å². The maximum atomic E-state index is 11.8. The molecule has 0 spiro atoms. The van der Waals surface area contributed by atoms with E-state index >= 15 is 0 Å². The summed E-state index contributed by atoms with van der Waals surface area (Å²) in [5.74, 6) is 0.998. The summed E-state index contributed by atoms with van der Waals surface area (Å²) in [7, 11) is 1.52. The summed E-state index contributed by atoms with van der Waals surface area (Å²) in [6.07, 6.45) is -0.527. The molecule has 3 rings (SSSR count). The van der Waals surface area contributed by atoms with Gasteiger partial charge in [-0.3, -0.25) is 10.1 Å². The third-order valence-corrected chi connectivity index (χ3v) is 5.01. The standard InChI is InChI=1S/C19H18ClNO5/c1-3-5-12-6-4-7-15-16(12)26-18(19(20,17(15)22)21(23)24)13-8-10-14(25-2)11-9-13/h3-4,6-11,17-18,22H,1,5H2,2H3/t17-,18-,19+/m0/s1. The first-order valence-corrected chi connectivity index (χ1v) is 8.36. The molecule has 2 aromatic carbocycles. The fourth-order valence-corrected chi connectivity index (χ4v) is 3.41. The van der Waals surface area contributed by atoms with Gasteiger partial charge in [0, 0.05) is 11.1 Å². The number of allylic oxidation sites excluding steroid dienone is 1. The molecular formula is C19H18ClNO5. The van der Waals surface area contributed by atoms with Crippen molar-refractivity contribution in [1.29, 1.82) is 0 Å². The predicted molar refractivity (Wildman–Crippen MR) is 97.2 cm³/mol. The van der Waals surface area contributed by atoms with Crippen molar-refractivity contribution in [2.24, 2.45) is 0 Å². The van der Waals surface area contributed by atoms with Crippen LogP contribution in [0.3, 0.4) is 0 Å². The fraction of sp³-hybridized carbons (Fsp3) is 0.263. The van der Waals surface area contributed by atoms with Crippen LogP contribution in [0.4, 0.5) is 0 Å². The van der Waals surface area contributed by atoms with Crippen molar-refractivity contribution in [3.05, 3.63) is 81.9 Å². The molecule has 136 valence electrons. The van der Waals surface area contributed by atoms with Gasteiger partial charge in [-0.15, -0.1) is 6.58 Å². The zero-order valence-electron chi connectivity index (χ0n) is 14.1. The number of fused-ring (bicyclic) bond motifs is 1. The number of hydrogen-bond acceptors (Lipinski definition) is 5. The maximum Gasteiger partial charge on any atom is 0.364 e. The van der Waals surface area contributed by atoms with Crippen molar-refractivity contribution in [3.8, 4) is 11.5 Å². The summed E-state index contributed by atoms with van der Waals surface area (Å²) in [5, 5.41) is 22.6. The molecule has 0 bridgehead atoms. The van der Waals surface area contributed by atoms with Gasteiger partial charge < -0.3 is 14.6 Å². The summed E-state index contributed by atoms with van der Waals surface area (Å²) in [5.41, 5.74) is 1.54. The quantitative estimate of drug-likeness (QED) is 0.282. The molecule has 7 heteroatoms. The van der Waals surface area contributed by atoms with E-state index in [9.17, 15) is 15.2 Å². The average molecular weight is 376 g/mol. The molecule has 1 aliphatic rings. The Hall–Kier alpha value is -2.57. The van der Waals surface area contributed by atoms with Crippen LogP contribution in [-0.2, 0) is 6.42 Å². The molecule has 1 heterocycles. The highest BCUT2D eigenvalue weighted by molar-refractivity contribution is 6.23. The van der Waals surface area contributed by atoms with Crippen LogP contribution >= 0.6 is 11.6 Å². The smallest absolute Gasteiger partial charge is 0.364 e. The third-order valence-electron chi connectivity index (χ3n) is 4.47. The Morgan fingerprint density at radius 3 is 2.65 bits per heavy atom. The van der Waals surface area contributed by atoms with Crippen LogP contribution < -0.4 is 9.47 Å². The first-order valence-electron chi connectivity index (χ1n) is 7.98. The van der Waals surface area contributed by atoms with Gasteiger partial charge in [0.2, 0.25) is 6.10 Å². The lowest BCUT2D eigenvalue weighted by atomic mass is 9.88. The van der Waals surface area contributed by atoms with Crippen molar-refractivity contribution in [3.63, 3.8) is 0 Å². The minimum Gasteiger partial charge on any atom is -0.497 e. The monoisotopic (exact) mass is 375 g/mol. The second kappa shape index (κ2) is 6.97. The Morgan fingerprint density at radius 2 is 2.08 bits per heavy atom. The van der Waals surface area contributed by atoms with Crippen molar-refractivity contribution < 1.29 is 19.5 Å². The number of ether oxygens (including phenoxy) is 2. The molecule has 0 amide bonds. The molecular weight excluding hydrogens is 358 g/mol. The number of nitrogens with zero attached hydrogens (tertiary/aromatic N) is 1. The van der Waals surface area contributed by atoms with Crippen LogP contribution in [0.1, 0.15) is 28.9 Å². The second-order valence-electron chi connectivity index (χ2n) is 5.99. The van der Waals surface area contributed by atoms with Gasteiger partial charge in [0.1, 0.15) is 11.5 Å². The van der Waals surface area contributed by atoms with Gasteiger partial charge in [-0.1, -0.05) is 36.4 Å². The summed E-state index contributed by atoms with van der Waals surface area (Å²) < 4.78 is 11.1. The normalized spacial score (nSPS) is 24.3. The van der Waals surface area contributed by atoms with E-state index in [1.165, 1.54) is 7.11 Å². The maximum absolute atomic E-state index is 11.8. The zero-order valence-corrected chi connectivity index (χ0v) is 14.8. The Bertz CT molecular complexity index is 838. The van der Waals surface area contributed by atoms with Crippen LogP contribution in [0, 0.1) is 10.1 Å². The largest absolute Gasteiger partial charge is 0.497 e. The molecule has 0 radical (unpaired) electrons. The van der Waals surface area contributed by atoms with E-state index < -0.39 is 22.1 Å². The summed E-state index contributed by atoms with van der Waals surface area (Å²) >= 11 is 6.37. The van der Waals surface area contributed by atoms with Crippen LogP contribution in [0.5, 0.6) is 11.5 Å². The predicted octanol–water partition coefficient (Wildman–Crippen LogP) is 3.80. The zero-order chi connectivity index (χ0) is 18.9. The first-order chi connectivity index (χ1) is 12.4. The topological polar surface area (TPSA) is 81.8 Å². The molecule has 3 atom stereocenters. The highest BCUT2D eigenvalue weighted by Crippen LogP contribution is 2.52. The van der Waals surface area contributed by atoms with Crippen molar-refractivity contribution in [2.75, 3.05) is 7.11 Å². The minimum atomic E-state index is -2.26. The van der Waals surface area contributed by atoms with E-state index in [0.717, 1.165) is 5.56 Å². The molecule has 0 aliphatic carbocycles. The molecule has 2 aromatic rings. The Kier molecular flexibility index (Phi) is 4.89. The number of halogens is 1. The number of hydrogen-bond donors (Lipinski definition) is 1. The van der Waals surface area contributed by atoms with Gasteiger partial charge in [0.25, 0.3) is 0 Å². The van der Waals surface area contributed by atoms with Gasteiger partial charge in [-0.05, 0) is 35.7 Å². The number of aliphatic hydroxyl groups is 1. The number of aliphatic hydroxyl groups excluding tert-OH is 1. The number of rotatable bonds is 5. The average Bonchev–Trinajstić information content (AvgIpc) is 2.65. The molecule has 0 saturated carbocycles. The second-order valence-corrected chi connectivity index (χ2v) is 6.59. The van der Waals surface area contributed by atoms with E-state index in [2.05, 4.69) is 6.58 Å². The van der Waals surface area contributed by atoms with E-state index in [1.807, 2.05) is 6.07 Å². The number of nitro groups is 1. The Balaban J connectivity index is 2.16. The number of methoxy groups -OCH3 is 1. The van der Waals surface area contributed by atoms with Crippen LogP contribution in [0.25, 0.3) is 0 Å². The van der Waals surface area contributed by atoms with Crippen LogP contribution in [-0.4, -0.2) is 22.1 Å². The van der Waals surface area contributed by atoms with E-state index in [1.54, 1.807) is 42.5 Å². The molecule has 0 fully saturated rings. The lowest BCUT2D eigenvalue weighted by molar-refractivity contribution is -0.570. The van der Waals surface area contributed by atoms with Gasteiger partial charge >= 0.3 is 5.00 Å². The van der Waals surface area contributed by atoms with E-state index in [4.69, 9.17) is 21.1 Å². The number of alkyl halides is 1. The fourth-order valence-electron chi connectivity index (χ4n) is 3.12. The number of para-hydroxylation sites is 1. The summed E-state index contributed by atoms with van der Waals surface area (Å²) in [4.78, 5) is 8.85. The molecule has 1 aliphatic heterocycles. The molecule has 6 nitrogen and oxygen atoms in total. The molecule has 0 saturated heterocycles. The van der Waals surface area contributed by atoms with Gasteiger partial charge in [-0.2, -0.15) is 0 Å². The lowest BCUT2D eigenvalue weighted by Gasteiger charge is -2.38. The summed E-state index contributed by atoms with van der Waals surface area (Å²) in [6.45, 7) is 3.71. The molecule has 0 unspecified atom stereocenters. The minimum absolute atomic E-state index is 0.292. The van der Waals surface area contributed by atoms with E-state index in [-0.39, 0.29) is 0 Å². The van der Waals surface area contributed by atoms with Crippen LogP contribution in [0.15, 0.2) is 55.1 Å². The van der Waals surface area contributed by atoms with E-state index in [0.29, 0.717) is 29.0 Å². The first kappa shape index (κ1) is 18.2. The van der Waals surface area contributed by atoms with Crippen molar-refractivity contribution >= 4 is 11.6 Å². The SMILES string of the molecule is C=CCc1cccc2c1O[C@@H](c1ccc(OC)cc1)[C@](Cl)([N+](=O)[O-])[C@H]2O. The lowest BCUT2D eigenvalue weighted by Crippen LogP contribution is -2.49. The molecule has 0 aromatic heterocycles. The Labute approximate surface area is 155 Å². The number of benzene rings is 2. The van der Waals surface area contributed by atoms with Crippen molar-refractivity contribution in [2.45, 2.75) is 23.6 Å². The van der Waals surface area contributed by atoms with Crippen molar-refractivity contribution in [1.82, 2.24) is 0 Å². The molecule has 1 N–H and O–H groups in total. The van der Waals surface area contributed by atoms with Gasteiger partial charge in [0.15, 0.2) is 6.10 Å². The molecule has 26 heavy (non-hydrogen) atoms.